The zero-order valence-corrected chi connectivity index (χ0v) is 14.0. The largest absolute Gasteiger partial charge is 0.455 e. The number of non-ortho nitro benzene ring substituents is 1. The van der Waals surface area contributed by atoms with Gasteiger partial charge in [0.1, 0.15) is 11.5 Å². The van der Waals surface area contributed by atoms with E-state index in [2.05, 4.69) is 31.9 Å². The van der Waals surface area contributed by atoms with Gasteiger partial charge in [-0.2, -0.15) is 0 Å². The number of nitro benzene ring substituents is 1. The van der Waals surface area contributed by atoms with Gasteiger partial charge < -0.3 is 4.74 Å². The molecule has 0 spiro atoms. The number of carbonyl (C=O) groups is 1. The van der Waals surface area contributed by atoms with Crippen LogP contribution in [0.1, 0.15) is 17.3 Å². The number of Topliss-reactive ketones (excluding diaryl/α,β-unsaturated/α-hetero) is 1. The molecule has 0 radical (unpaired) electrons. The summed E-state index contributed by atoms with van der Waals surface area (Å²) in [6.07, 6.45) is 0. The third kappa shape index (κ3) is 3.68. The van der Waals surface area contributed by atoms with Crippen LogP contribution < -0.4 is 4.74 Å². The highest BCUT2D eigenvalue weighted by molar-refractivity contribution is 9.10. The average Bonchev–Trinajstić information content (AvgIpc) is 2.40. The quantitative estimate of drug-likeness (QED) is 0.395. The smallest absolute Gasteiger partial charge is 0.273 e. The van der Waals surface area contributed by atoms with Crippen molar-refractivity contribution >= 4 is 43.3 Å². The number of ketones is 1. The van der Waals surface area contributed by atoms with Crippen molar-refractivity contribution in [1.82, 2.24) is 0 Å². The molecule has 0 atom stereocenters. The van der Waals surface area contributed by atoms with E-state index in [4.69, 9.17) is 4.74 Å². The fourth-order valence-electron chi connectivity index (χ4n) is 1.67. The Labute approximate surface area is 137 Å². The second-order valence-electron chi connectivity index (χ2n) is 4.17. The van der Waals surface area contributed by atoms with E-state index in [0.717, 1.165) is 4.47 Å². The van der Waals surface area contributed by atoms with Crippen molar-refractivity contribution in [2.45, 2.75) is 6.92 Å². The van der Waals surface area contributed by atoms with Gasteiger partial charge in [0.05, 0.1) is 21.0 Å². The normalized spacial score (nSPS) is 10.2. The molecule has 2 aromatic rings. The highest BCUT2D eigenvalue weighted by atomic mass is 79.9. The van der Waals surface area contributed by atoms with Gasteiger partial charge in [-0.25, -0.2) is 0 Å². The van der Waals surface area contributed by atoms with Gasteiger partial charge in [0.25, 0.3) is 5.69 Å². The van der Waals surface area contributed by atoms with Crippen molar-refractivity contribution in [3.05, 3.63) is 61.0 Å². The third-order valence-corrected chi connectivity index (χ3v) is 3.82. The fourth-order valence-corrected chi connectivity index (χ4v) is 2.34. The molecule has 0 aliphatic heterocycles. The summed E-state index contributed by atoms with van der Waals surface area (Å²) in [5.41, 5.74) is 0.309. The molecule has 0 bridgehead atoms. The first kappa shape index (κ1) is 15.7. The standard InChI is InChI=1S/C14H9Br2NO4/c1-8(18)11-4-2-9(15)6-13(11)21-14-7-10(17(19)20)3-5-12(14)16/h2-7H,1H3. The van der Waals surface area contributed by atoms with E-state index in [9.17, 15) is 14.9 Å². The van der Waals surface area contributed by atoms with Crippen molar-refractivity contribution in [2.75, 3.05) is 0 Å². The molecule has 2 aromatic carbocycles. The Bertz CT molecular complexity index is 731. The summed E-state index contributed by atoms with van der Waals surface area (Å²) in [5.74, 6) is 0.446. The minimum Gasteiger partial charge on any atom is -0.455 e. The maximum absolute atomic E-state index is 11.6. The number of ether oxygens (including phenoxy) is 1. The van der Waals surface area contributed by atoms with Gasteiger partial charge in [-0.1, -0.05) is 15.9 Å². The predicted octanol–water partition coefficient (Wildman–Crippen LogP) is 5.11. The van der Waals surface area contributed by atoms with E-state index in [1.54, 1.807) is 18.2 Å². The van der Waals surface area contributed by atoms with Gasteiger partial charge in [-0.05, 0) is 47.1 Å². The monoisotopic (exact) mass is 413 g/mol. The molecule has 0 fully saturated rings. The van der Waals surface area contributed by atoms with Crippen LogP contribution in [0.25, 0.3) is 0 Å². The molecule has 0 aromatic heterocycles. The van der Waals surface area contributed by atoms with Crippen molar-refractivity contribution in [3.63, 3.8) is 0 Å². The van der Waals surface area contributed by atoms with Gasteiger partial charge in [-0.3, -0.25) is 14.9 Å². The van der Waals surface area contributed by atoms with Crippen LogP contribution in [0.15, 0.2) is 45.3 Å². The Kier molecular flexibility index (Phi) is 4.74. The lowest BCUT2D eigenvalue weighted by atomic mass is 10.1. The van der Waals surface area contributed by atoms with E-state index in [1.807, 2.05) is 0 Å². The van der Waals surface area contributed by atoms with Crippen LogP contribution >= 0.6 is 31.9 Å². The summed E-state index contributed by atoms with van der Waals surface area (Å²) in [4.78, 5) is 21.9. The van der Waals surface area contributed by atoms with E-state index in [1.165, 1.54) is 25.1 Å². The summed E-state index contributed by atoms with van der Waals surface area (Å²) in [7, 11) is 0. The molecule has 2 rings (SSSR count). The number of rotatable bonds is 4. The predicted molar refractivity (Wildman–Crippen MR) is 85.0 cm³/mol. The van der Waals surface area contributed by atoms with Crippen LogP contribution in [-0.4, -0.2) is 10.7 Å². The number of nitro groups is 1. The number of hydrogen-bond acceptors (Lipinski definition) is 4. The Balaban J connectivity index is 2.47. The zero-order valence-electron chi connectivity index (χ0n) is 10.8. The van der Waals surface area contributed by atoms with Gasteiger partial charge in [0, 0.05) is 10.5 Å². The molecule has 108 valence electrons. The molecular weight excluding hydrogens is 406 g/mol. The van der Waals surface area contributed by atoms with Gasteiger partial charge in [-0.15, -0.1) is 0 Å². The van der Waals surface area contributed by atoms with Crippen molar-refractivity contribution in [1.29, 1.82) is 0 Å². The third-order valence-electron chi connectivity index (χ3n) is 2.67. The summed E-state index contributed by atoms with van der Waals surface area (Å²) in [6.45, 7) is 1.43. The Morgan fingerprint density at radius 2 is 1.86 bits per heavy atom. The molecule has 0 aliphatic carbocycles. The minimum absolute atomic E-state index is 0.0902. The zero-order chi connectivity index (χ0) is 15.6. The first-order chi connectivity index (χ1) is 9.88. The number of carbonyl (C=O) groups excluding carboxylic acids is 1. The fraction of sp³-hybridized carbons (Fsp3) is 0.0714. The number of hydrogen-bond donors (Lipinski definition) is 0. The summed E-state index contributed by atoms with van der Waals surface area (Å²) in [6, 6.07) is 9.19. The Morgan fingerprint density at radius 3 is 2.48 bits per heavy atom. The Morgan fingerprint density at radius 1 is 1.14 bits per heavy atom. The lowest BCUT2D eigenvalue weighted by Crippen LogP contribution is -1.98. The molecule has 5 nitrogen and oxygen atoms in total. The Hall–Kier alpha value is -1.73. The van der Waals surface area contributed by atoms with Gasteiger partial charge in [0.15, 0.2) is 5.78 Å². The van der Waals surface area contributed by atoms with E-state index >= 15 is 0 Å². The second-order valence-corrected chi connectivity index (χ2v) is 5.94. The van der Waals surface area contributed by atoms with E-state index < -0.39 is 4.92 Å². The van der Waals surface area contributed by atoms with Gasteiger partial charge >= 0.3 is 0 Å². The first-order valence-electron chi connectivity index (χ1n) is 5.81. The highest BCUT2D eigenvalue weighted by Gasteiger charge is 2.15. The number of benzene rings is 2. The van der Waals surface area contributed by atoms with Crippen molar-refractivity contribution in [2.24, 2.45) is 0 Å². The number of nitrogens with zero attached hydrogens (tertiary/aromatic N) is 1. The van der Waals surface area contributed by atoms with Crippen molar-refractivity contribution in [3.8, 4) is 11.5 Å². The van der Waals surface area contributed by atoms with Crippen LogP contribution in [0.2, 0.25) is 0 Å². The summed E-state index contributed by atoms with van der Waals surface area (Å²) < 4.78 is 6.97. The minimum atomic E-state index is -0.508. The molecule has 7 heteroatoms. The van der Waals surface area contributed by atoms with Crippen molar-refractivity contribution < 1.29 is 14.5 Å². The molecule has 0 aliphatic rings. The first-order valence-corrected chi connectivity index (χ1v) is 7.39. The molecule has 0 saturated carbocycles. The molecule has 0 N–H and O–H groups in total. The van der Waals surface area contributed by atoms with E-state index in [-0.39, 0.29) is 17.2 Å². The van der Waals surface area contributed by atoms with Crippen LogP contribution in [-0.2, 0) is 0 Å². The lowest BCUT2D eigenvalue weighted by molar-refractivity contribution is -0.384. The lowest BCUT2D eigenvalue weighted by Gasteiger charge is -2.11. The highest BCUT2D eigenvalue weighted by Crippen LogP contribution is 2.35. The van der Waals surface area contributed by atoms with Crippen LogP contribution in [0.4, 0.5) is 5.69 Å². The maximum Gasteiger partial charge on any atom is 0.273 e. The number of halogens is 2. The molecule has 0 amide bonds. The SMILES string of the molecule is CC(=O)c1ccc(Br)cc1Oc1cc([N+](=O)[O-])ccc1Br. The van der Waals surface area contributed by atoms with Gasteiger partial charge in [0.2, 0.25) is 0 Å². The maximum atomic E-state index is 11.6. The molecule has 0 heterocycles. The molecule has 0 unspecified atom stereocenters. The topological polar surface area (TPSA) is 69.4 Å². The van der Waals surface area contributed by atoms with Crippen LogP contribution in [0.5, 0.6) is 11.5 Å². The molecule has 21 heavy (non-hydrogen) atoms. The summed E-state index contributed by atoms with van der Waals surface area (Å²) in [5, 5.41) is 10.8. The molecule has 0 saturated heterocycles. The van der Waals surface area contributed by atoms with Crippen LogP contribution in [0.3, 0.4) is 0 Å². The van der Waals surface area contributed by atoms with E-state index in [0.29, 0.717) is 15.8 Å². The second kappa shape index (κ2) is 6.36. The average molecular weight is 415 g/mol. The van der Waals surface area contributed by atoms with Crippen LogP contribution in [0, 0.1) is 10.1 Å². The summed E-state index contributed by atoms with van der Waals surface area (Å²) >= 11 is 6.58. The molecular formula is C14H9Br2NO4.